The van der Waals surface area contributed by atoms with Gasteiger partial charge in [0.1, 0.15) is 16.7 Å². The Hall–Kier alpha value is -7.21. The number of nitrogens with zero attached hydrogens (tertiary/aromatic N) is 2. The molecule has 0 spiro atoms. The van der Waals surface area contributed by atoms with Crippen molar-refractivity contribution in [3.8, 4) is 22.6 Å². The topological polar surface area (TPSA) is 42.4 Å². The Kier molecular flexibility index (Phi) is 6.76. The standard InChI is InChI=1S/C51H30N2O2S/c1-2-10-31(11-3-1)34-14-8-15-35(28-34)53(37-23-25-41-47(30-37)56-46-27-21-32-12-4-6-16-38(32)49(41)46)36-22-24-40-45(29-36)54-43-19-9-18-42(48(40)43)51-52-50-39-17-7-5-13-33(39)20-26-44(50)55-51/h1-30H. The van der Waals surface area contributed by atoms with Crippen molar-refractivity contribution in [2.75, 3.05) is 4.90 Å². The van der Waals surface area contributed by atoms with Crippen LogP contribution in [0.2, 0.25) is 0 Å². The second kappa shape index (κ2) is 12.2. The summed E-state index contributed by atoms with van der Waals surface area (Å²) in [6, 6.07) is 64.4. The molecule has 0 saturated carbocycles. The zero-order valence-electron chi connectivity index (χ0n) is 29.9. The molecule has 0 fully saturated rings. The van der Waals surface area contributed by atoms with Crippen LogP contribution in [0.25, 0.3) is 97.3 Å². The number of aromatic nitrogens is 1. The summed E-state index contributed by atoms with van der Waals surface area (Å²) < 4.78 is 15.6. The highest BCUT2D eigenvalue weighted by Crippen LogP contribution is 2.45. The normalized spacial score (nSPS) is 11.9. The van der Waals surface area contributed by atoms with Gasteiger partial charge in [-0.3, -0.25) is 0 Å². The molecule has 0 aliphatic rings. The first-order valence-corrected chi connectivity index (χ1v) is 19.6. The molecule has 12 aromatic rings. The van der Waals surface area contributed by atoms with E-state index in [-0.39, 0.29) is 0 Å². The summed E-state index contributed by atoms with van der Waals surface area (Å²) in [5, 5.41) is 9.35. The third-order valence-electron chi connectivity index (χ3n) is 11.1. The summed E-state index contributed by atoms with van der Waals surface area (Å²) in [6.07, 6.45) is 0. The van der Waals surface area contributed by atoms with Gasteiger partial charge in [-0.15, -0.1) is 11.3 Å². The highest BCUT2D eigenvalue weighted by atomic mass is 32.1. The molecule has 3 heterocycles. The number of hydrogen-bond donors (Lipinski definition) is 0. The van der Waals surface area contributed by atoms with Gasteiger partial charge in [-0.05, 0) is 87.9 Å². The molecule has 0 unspecified atom stereocenters. The van der Waals surface area contributed by atoms with E-state index in [1.807, 2.05) is 41.7 Å². The minimum absolute atomic E-state index is 0.581. The second-order valence-electron chi connectivity index (χ2n) is 14.3. The molecular weight excluding hydrogens is 705 g/mol. The van der Waals surface area contributed by atoms with Crippen LogP contribution >= 0.6 is 11.3 Å². The zero-order valence-corrected chi connectivity index (χ0v) is 30.8. The van der Waals surface area contributed by atoms with Crippen LogP contribution in [0.5, 0.6) is 0 Å². The molecule has 0 N–H and O–H groups in total. The van der Waals surface area contributed by atoms with Crippen molar-refractivity contribution in [3.63, 3.8) is 0 Å². The number of hydrogen-bond acceptors (Lipinski definition) is 5. The smallest absolute Gasteiger partial charge is 0.228 e. The summed E-state index contributed by atoms with van der Waals surface area (Å²) in [7, 11) is 0. The van der Waals surface area contributed by atoms with Gasteiger partial charge in [-0.25, -0.2) is 4.98 Å². The average Bonchev–Trinajstić information content (AvgIpc) is 3.97. The van der Waals surface area contributed by atoms with Crippen molar-refractivity contribution >= 4 is 103 Å². The van der Waals surface area contributed by atoms with Crippen molar-refractivity contribution in [2.45, 2.75) is 0 Å². The minimum atomic E-state index is 0.581. The van der Waals surface area contributed by atoms with Crippen molar-refractivity contribution < 1.29 is 8.83 Å². The van der Waals surface area contributed by atoms with Gasteiger partial charge in [-0.1, -0.05) is 115 Å². The predicted octanol–water partition coefficient (Wildman–Crippen LogP) is 15.2. The van der Waals surface area contributed by atoms with Crippen LogP contribution in [0.3, 0.4) is 0 Å². The molecule has 0 saturated heterocycles. The van der Waals surface area contributed by atoms with Gasteiger partial charge in [0.15, 0.2) is 5.58 Å². The monoisotopic (exact) mass is 734 g/mol. The number of thiophene rings is 1. The molecule has 0 amide bonds. The first kappa shape index (κ1) is 31.2. The van der Waals surface area contributed by atoms with Gasteiger partial charge in [-0.2, -0.15) is 0 Å². The van der Waals surface area contributed by atoms with E-state index < -0.39 is 0 Å². The first-order chi connectivity index (χ1) is 27.7. The fourth-order valence-corrected chi connectivity index (χ4v) is 9.64. The third-order valence-corrected chi connectivity index (χ3v) is 12.2. The Morgan fingerprint density at radius 2 is 1.12 bits per heavy atom. The molecule has 12 rings (SSSR count). The molecule has 0 aliphatic carbocycles. The number of oxazole rings is 1. The lowest BCUT2D eigenvalue weighted by Gasteiger charge is -2.26. The maximum Gasteiger partial charge on any atom is 0.228 e. The van der Waals surface area contributed by atoms with Crippen molar-refractivity contribution in [1.82, 2.24) is 4.98 Å². The lowest BCUT2D eigenvalue weighted by atomic mass is 10.0. The van der Waals surface area contributed by atoms with Crippen LogP contribution in [-0.4, -0.2) is 4.98 Å². The molecule has 3 aromatic heterocycles. The van der Waals surface area contributed by atoms with E-state index in [1.165, 1.54) is 36.5 Å². The molecule has 4 nitrogen and oxygen atoms in total. The number of fused-ring (bicyclic) bond motifs is 11. The van der Waals surface area contributed by atoms with E-state index in [0.717, 1.165) is 72.0 Å². The van der Waals surface area contributed by atoms with Gasteiger partial charge in [0, 0.05) is 65.0 Å². The molecule has 0 aliphatic heterocycles. The van der Waals surface area contributed by atoms with Crippen LogP contribution in [0.15, 0.2) is 191 Å². The first-order valence-electron chi connectivity index (χ1n) is 18.8. The summed E-state index contributed by atoms with van der Waals surface area (Å²) in [5.41, 5.74) is 9.60. The molecule has 5 heteroatoms. The molecule has 9 aromatic carbocycles. The van der Waals surface area contributed by atoms with Crippen molar-refractivity contribution in [3.05, 3.63) is 182 Å². The highest BCUT2D eigenvalue weighted by molar-refractivity contribution is 7.26. The van der Waals surface area contributed by atoms with Gasteiger partial charge in [0.05, 0.1) is 0 Å². The average molecular weight is 735 g/mol. The van der Waals surface area contributed by atoms with Gasteiger partial charge in [0.25, 0.3) is 0 Å². The van der Waals surface area contributed by atoms with E-state index in [9.17, 15) is 0 Å². The van der Waals surface area contributed by atoms with Gasteiger partial charge < -0.3 is 13.7 Å². The summed E-state index contributed by atoms with van der Waals surface area (Å²) in [5.74, 6) is 0.581. The largest absolute Gasteiger partial charge is 0.456 e. The zero-order chi connectivity index (χ0) is 36.7. The fourth-order valence-electron chi connectivity index (χ4n) is 8.48. The number of furan rings is 1. The van der Waals surface area contributed by atoms with E-state index in [1.54, 1.807) is 0 Å². The van der Waals surface area contributed by atoms with Crippen LogP contribution in [-0.2, 0) is 0 Å². The molecule has 56 heavy (non-hydrogen) atoms. The van der Waals surface area contributed by atoms with Gasteiger partial charge >= 0.3 is 0 Å². The predicted molar refractivity (Wildman–Crippen MR) is 235 cm³/mol. The van der Waals surface area contributed by atoms with Crippen LogP contribution in [0.4, 0.5) is 17.1 Å². The van der Waals surface area contributed by atoms with E-state index in [2.05, 4.69) is 157 Å². The van der Waals surface area contributed by atoms with Gasteiger partial charge in [0.2, 0.25) is 5.89 Å². The summed E-state index contributed by atoms with van der Waals surface area (Å²) in [4.78, 5) is 7.39. The van der Waals surface area contributed by atoms with Crippen LogP contribution in [0.1, 0.15) is 0 Å². The molecular formula is C51H30N2O2S. The molecule has 262 valence electrons. The van der Waals surface area contributed by atoms with Crippen LogP contribution in [0, 0.1) is 0 Å². The Labute approximate surface area is 325 Å². The third kappa shape index (κ3) is 4.81. The number of benzene rings is 9. The Balaban J connectivity index is 1.04. The number of anilines is 3. The Morgan fingerprint density at radius 1 is 0.411 bits per heavy atom. The summed E-state index contributed by atoms with van der Waals surface area (Å²) >= 11 is 1.85. The molecule has 0 atom stereocenters. The lowest BCUT2D eigenvalue weighted by Crippen LogP contribution is -2.09. The molecule has 0 radical (unpaired) electrons. The number of rotatable bonds is 5. The minimum Gasteiger partial charge on any atom is -0.456 e. The van der Waals surface area contributed by atoms with Crippen molar-refractivity contribution in [1.29, 1.82) is 0 Å². The Bertz CT molecular complexity index is 3500. The quantitative estimate of drug-likeness (QED) is 0.177. The Morgan fingerprint density at radius 3 is 2.02 bits per heavy atom. The van der Waals surface area contributed by atoms with Crippen molar-refractivity contribution in [2.24, 2.45) is 0 Å². The maximum absolute atomic E-state index is 6.67. The molecule has 0 bridgehead atoms. The van der Waals surface area contributed by atoms with Crippen LogP contribution < -0.4 is 4.90 Å². The summed E-state index contributed by atoms with van der Waals surface area (Å²) in [6.45, 7) is 0. The maximum atomic E-state index is 6.67. The SMILES string of the molecule is c1ccc(-c2cccc(N(c3ccc4c(c3)oc3cccc(-c5nc6c(ccc7ccccc76)o5)c34)c3ccc4c(c3)sc3ccc5ccccc5c34)c2)cc1. The highest BCUT2D eigenvalue weighted by Gasteiger charge is 2.21. The fraction of sp³-hybridized carbons (Fsp3) is 0. The lowest BCUT2D eigenvalue weighted by molar-refractivity contribution is 0.620. The van der Waals surface area contributed by atoms with E-state index >= 15 is 0 Å². The van der Waals surface area contributed by atoms with E-state index in [4.69, 9.17) is 13.8 Å². The van der Waals surface area contributed by atoms with E-state index in [0.29, 0.717) is 5.89 Å². The second-order valence-corrected chi connectivity index (χ2v) is 15.4.